The van der Waals surface area contributed by atoms with E-state index in [9.17, 15) is 8.42 Å². The molecule has 0 aliphatic carbocycles. The molecule has 0 aromatic heterocycles. The smallest absolute Gasteiger partial charge is 0.207 e. The Hall–Kier alpha value is -1.38. The van der Waals surface area contributed by atoms with E-state index in [0.29, 0.717) is 29.1 Å². The van der Waals surface area contributed by atoms with Crippen LogP contribution in [0.3, 0.4) is 0 Å². The maximum absolute atomic E-state index is 12.6. The summed E-state index contributed by atoms with van der Waals surface area (Å²) in [6.45, 7) is 7.00. The highest BCUT2D eigenvalue weighted by Crippen LogP contribution is 2.33. The highest BCUT2D eigenvalue weighted by Gasteiger charge is 2.37. The molecule has 0 unspecified atom stereocenters. The molecule has 4 nitrogen and oxygen atoms in total. The molecule has 1 fully saturated rings. The molecule has 0 bridgehead atoms. The van der Waals surface area contributed by atoms with Gasteiger partial charge < -0.3 is 0 Å². The number of hydrogen-bond donors (Lipinski definition) is 0. The zero-order chi connectivity index (χ0) is 14.3. The minimum absolute atomic E-state index is 0.0353. The van der Waals surface area contributed by atoms with Crippen LogP contribution in [0.15, 0.2) is 23.1 Å². The van der Waals surface area contributed by atoms with Crippen molar-refractivity contribution in [1.82, 2.24) is 4.31 Å². The van der Waals surface area contributed by atoms with E-state index in [4.69, 9.17) is 5.26 Å². The van der Waals surface area contributed by atoms with Crippen LogP contribution in [0.5, 0.6) is 0 Å². The molecule has 102 valence electrons. The molecule has 1 aliphatic heterocycles. The molecule has 2 rings (SSSR count). The van der Waals surface area contributed by atoms with E-state index in [-0.39, 0.29) is 5.41 Å². The van der Waals surface area contributed by atoms with Crippen LogP contribution in [-0.4, -0.2) is 25.8 Å². The molecule has 0 radical (unpaired) electrons. The van der Waals surface area contributed by atoms with E-state index in [2.05, 4.69) is 13.8 Å². The van der Waals surface area contributed by atoms with Gasteiger partial charge in [-0.15, -0.1) is 0 Å². The Morgan fingerprint density at radius 2 is 2.05 bits per heavy atom. The lowest BCUT2D eigenvalue weighted by Gasteiger charge is -2.20. The minimum Gasteiger partial charge on any atom is -0.207 e. The van der Waals surface area contributed by atoms with Crippen molar-refractivity contribution < 1.29 is 8.42 Å². The number of hydrogen-bond acceptors (Lipinski definition) is 3. The minimum atomic E-state index is -3.44. The second-order valence-electron chi connectivity index (χ2n) is 5.84. The van der Waals surface area contributed by atoms with Crippen LogP contribution in [0.25, 0.3) is 0 Å². The fraction of sp³-hybridized carbons (Fsp3) is 0.500. The van der Waals surface area contributed by atoms with Crippen molar-refractivity contribution in [3.8, 4) is 6.07 Å². The van der Waals surface area contributed by atoms with Crippen molar-refractivity contribution in [2.75, 3.05) is 13.1 Å². The van der Waals surface area contributed by atoms with Crippen molar-refractivity contribution in [3.05, 3.63) is 29.3 Å². The van der Waals surface area contributed by atoms with Gasteiger partial charge in [0.25, 0.3) is 0 Å². The van der Waals surface area contributed by atoms with Gasteiger partial charge in [0.05, 0.1) is 16.5 Å². The first-order valence-corrected chi connectivity index (χ1v) is 7.71. The monoisotopic (exact) mass is 278 g/mol. The van der Waals surface area contributed by atoms with E-state index in [1.54, 1.807) is 23.4 Å². The van der Waals surface area contributed by atoms with Crippen LogP contribution < -0.4 is 0 Å². The third-order valence-electron chi connectivity index (χ3n) is 3.56. The van der Waals surface area contributed by atoms with Gasteiger partial charge in [0.15, 0.2) is 0 Å². The molecular formula is C14H18N2O2S. The topological polar surface area (TPSA) is 61.2 Å². The van der Waals surface area contributed by atoms with Crippen molar-refractivity contribution in [2.45, 2.75) is 32.1 Å². The summed E-state index contributed by atoms with van der Waals surface area (Å²) in [5.41, 5.74) is 1.15. The quantitative estimate of drug-likeness (QED) is 0.834. The average Bonchev–Trinajstić information content (AvgIpc) is 2.69. The number of rotatable bonds is 2. The summed E-state index contributed by atoms with van der Waals surface area (Å²) in [6, 6.07) is 6.73. The number of aryl methyl sites for hydroxylation is 1. The van der Waals surface area contributed by atoms with Crippen molar-refractivity contribution in [1.29, 1.82) is 5.26 Å². The Morgan fingerprint density at radius 3 is 2.53 bits per heavy atom. The van der Waals surface area contributed by atoms with Crippen LogP contribution in [0.2, 0.25) is 0 Å². The third-order valence-corrected chi connectivity index (χ3v) is 5.57. The predicted octanol–water partition coefficient (Wildman–Crippen LogP) is 2.29. The molecule has 1 saturated heterocycles. The highest BCUT2D eigenvalue weighted by molar-refractivity contribution is 7.89. The second-order valence-corrected chi connectivity index (χ2v) is 7.75. The van der Waals surface area contributed by atoms with E-state index >= 15 is 0 Å². The summed E-state index contributed by atoms with van der Waals surface area (Å²) in [5, 5.41) is 8.83. The largest absolute Gasteiger partial charge is 0.243 e. The van der Waals surface area contributed by atoms with E-state index in [1.165, 1.54) is 6.07 Å². The molecule has 19 heavy (non-hydrogen) atoms. The van der Waals surface area contributed by atoms with Crippen LogP contribution >= 0.6 is 0 Å². The fourth-order valence-electron chi connectivity index (χ4n) is 2.42. The van der Waals surface area contributed by atoms with E-state index in [1.807, 2.05) is 6.07 Å². The third kappa shape index (κ3) is 2.65. The Kier molecular flexibility index (Phi) is 3.41. The summed E-state index contributed by atoms with van der Waals surface area (Å²) in [5.74, 6) is 0. The van der Waals surface area contributed by atoms with Crippen molar-refractivity contribution >= 4 is 10.0 Å². The number of nitriles is 1. The summed E-state index contributed by atoms with van der Waals surface area (Å²) in [4.78, 5) is 0.309. The first kappa shape index (κ1) is 14.0. The fourth-order valence-corrected chi connectivity index (χ4v) is 4.25. The Balaban J connectivity index is 2.39. The molecule has 1 heterocycles. The standard InChI is InChI=1S/C14H18N2O2S/c1-11-8-12(9-15)4-5-13(11)19(17,18)16-7-6-14(2,3)10-16/h4-5,8H,6-7,10H2,1-3H3. The van der Waals surface area contributed by atoms with Gasteiger partial charge >= 0.3 is 0 Å². The first-order chi connectivity index (χ1) is 8.76. The first-order valence-electron chi connectivity index (χ1n) is 6.27. The van der Waals surface area contributed by atoms with Crippen molar-refractivity contribution in [2.24, 2.45) is 5.41 Å². The molecule has 0 atom stereocenters. The lowest BCUT2D eigenvalue weighted by molar-refractivity contribution is 0.375. The molecular weight excluding hydrogens is 260 g/mol. The van der Waals surface area contributed by atoms with Crippen LogP contribution in [-0.2, 0) is 10.0 Å². The Labute approximate surface area is 114 Å². The van der Waals surface area contributed by atoms with Gasteiger partial charge in [-0.1, -0.05) is 13.8 Å². The molecule has 1 aromatic carbocycles. The maximum atomic E-state index is 12.6. The molecule has 0 amide bonds. The van der Waals surface area contributed by atoms with Gasteiger partial charge in [-0.05, 0) is 42.5 Å². The molecule has 1 aliphatic rings. The summed E-state index contributed by atoms with van der Waals surface area (Å²) >= 11 is 0. The molecule has 0 spiro atoms. The Bertz CT molecular complexity index is 642. The van der Waals surface area contributed by atoms with E-state index in [0.717, 1.165) is 6.42 Å². The highest BCUT2D eigenvalue weighted by atomic mass is 32.2. The molecule has 5 heteroatoms. The number of benzene rings is 1. The van der Waals surface area contributed by atoms with Crippen molar-refractivity contribution in [3.63, 3.8) is 0 Å². The number of sulfonamides is 1. The van der Waals surface area contributed by atoms with Gasteiger partial charge in [-0.25, -0.2) is 8.42 Å². The predicted molar refractivity (Wildman–Crippen MR) is 73.1 cm³/mol. The normalized spacial score (nSPS) is 19.3. The van der Waals surface area contributed by atoms with Gasteiger partial charge in [-0.2, -0.15) is 9.57 Å². The lowest BCUT2D eigenvalue weighted by Crippen LogP contribution is -2.30. The summed E-state index contributed by atoms with van der Waals surface area (Å²) in [7, 11) is -3.44. The van der Waals surface area contributed by atoms with Gasteiger partial charge in [0.1, 0.15) is 0 Å². The molecule has 1 aromatic rings. The van der Waals surface area contributed by atoms with Crippen LogP contribution in [0.4, 0.5) is 0 Å². The van der Waals surface area contributed by atoms with Gasteiger partial charge in [-0.3, -0.25) is 0 Å². The van der Waals surface area contributed by atoms with Gasteiger partial charge in [0.2, 0.25) is 10.0 Å². The molecule has 0 N–H and O–H groups in total. The van der Waals surface area contributed by atoms with E-state index < -0.39 is 10.0 Å². The zero-order valence-corrected chi connectivity index (χ0v) is 12.3. The second kappa shape index (κ2) is 4.62. The number of nitrogens with zero attached hydrogens (tertiary/aromatic N) is 2. The average molecular weight is 278 g/mol. The maximum Gasteiger partial charge on any atom is 0.243 e. The van der Waals surface area contributed by atoms with Crippen LogP contribution in [0, 0.1) is 23.7 Å². The Morgan fingerprint density at radius 1 is 1.37 bits per heavy atom. The summed E-state index contributed by atoms with van der Waals surface area (Å²) < 4.78 is 26.7. The summed E-state index contributed by atoms with van der Waals surface area (Å²) in [6.07, 6.45) is 0.877. The zero-order valence-electron chi connectivity index (χ0n) is 11.5. The van der Waals surface area contributed by atoms with Gasteiger partial charge in [0, 0.05) is 13.1 Å². The SMILES string of the molecule is Cc1cc(C#N)ccc1S(=O)(=O)N1CCC(C)(C)C1. The lowest BCUT2D eigenvalue weighted by atomic mass is 9.93. The van der Waals surface area contributed by atoms with Crippen LogP contribution in [0.1, 0.15) is 31.4 Å². The molecule has 0 saturated carbocycles.